The van der Waals surface area contributed by atoms with Gasteiger partial charge in [0.25, 0.3) is 0 Å². The summed E-state index contributed by atoms with van der Waals surface area (Å²) in [5.41, 5.74) is 0. The van der Waals surface area contributed by atoms with Gasteiger partial charge in [-0.05, 0) is 38.8 Å². The quantitative estimate of drug-likeness (QED) is 0.647. The fourth-order valence-electron chi connectivity index (χ4n) is 1.89. The van der Waals surface area contributed by atoms with Crippen molar-refractivity contribution in [2.75, 3.05) is 33.4 Å². The van der Waals surface area contributed by atoms with Crippen molar-refractivity contribution in [2.24, 2.45) is 5.92 Å². The average molecular weight is 215 g/mol. The van der Waals surface area contributed by atoms with Gasteiger partial charge in [0.15, 0.2) is 0 Å². The third kappa shape index (κ3) is 5.25. The Morgan fingerprint density at radius 2 is 2.20 bits per heavy atom. The number of aliphatic hydroxyl groups excluding tert-OH is 1. The normalized spacial score (nSPS) is 20.5. The minimum absolute atomic E-state index is 0.437. The van der Waals surface area contributed by atoms with E-state index in [9.17, 15) is 4.79 Å². The second-order valence-electron chi connectivity index (χ2n) is 4.31. The van der Waals surface area contributed by atoms with E-state index in [-0.39, 0.29) is 0 Å². The van der Waals surface area contributed by atoms with Crippen molar-refractivity contribution in [1.29, 1.82) is 0 Å². The molecule has 0 aromatic heterocycles. The summed E-state index contributed by atoms with van der Waals surface area (Å²) >= 11 is 0. The standard InChI is InChI=1S/C11H21NO3/c1-12(8-11(14)9-13)5-2-10-3-6-15-7-4-10/h9-11,14H,2-8H2,1H3. The number of hydrogen-bond acceptors (Lipinski definition) is 4. The lowest BCUT2D eigenvalue weighted by Crippen LogP contribution is -2.32. The van der Waals surface area contributed by atoms with Gasteiger partial charge in [0, 0.05) is 19.8 Å². The predicted molar refractivity (Wildman–Crippen MR) is 57.7 cm³/mol. The lowest BCUT2D eigenvalue weighted by Gasteiger charge is -2.25. The van der Waals surface area contributed by atoms with Crippen molar-refractivity contribution in [3.8, 4) is 0 Å². The molecule has 1 aliphatic rings. The number of nitrogens with zero attached hydrogens (tertiary/aromatic N) is 1. The van der Waals surface area contributed by atoms with Crippen molar-refractivity contribution in [3.63, 3.8) is 0 Å². The highest BCUT2D eigenvalue weighted by atomic mass is 16.5. The molecule has 1 unspecified atom stereocenters. The molecule has 1 saturated heterocycles. The monoisotopic (exact) mass is 215 g/mol. The summed E-state index contributed by atoms with van der Waals surface area (Å²) < 4.78 is 5.29. The Hall–Kier alpha value is -0.450. The number of carbonyl (C=O) groups is 1. The summed E-state index contributed by atoms with van der Waals surface area (Å²) in [6.07, 6.45) is 3.16. The van der Waals surface area contributed by atoms with Gasteiger partial charge in [-0.1, -0.05) is 0 Å². The number of carbonyl (C=O) groups excluding carboxylic acids is 1. The Bertz CT molecular complexity index is 181. The summed E-state index contributed by atoms with van der Waals surface area (Å²) in [7, 11) is 1.94. The fraction of sp³-hybridized carbons (Fsp3) is 0.909. The molecule has 88 valence electrons. The van der Waals surface area contributed by atoms with Crippen LogP contribution in [0, 0.1) is 5.92 Å². The van der Waals surface area contributed by atoms with Crippen LogP contribution in [0.1, 0.15) is 19.3 Å². The van der Waals surface area contributed by atoms with Crippen molar-refractivity contribution in [2.45, 2.75) is 25.4 Å². The number of ether oxygens (including phenoxy) is 1. The molecule has 0 saturated carbocycles. The summed E-state index contributed by atoms with van der Waals surface area (Å²) in [6.45, 7) is 3.14. The molecule has 0 radical (unpaired) electrons. The zero-order valence-electron chi connectivity index (χ0n) is 9.39. The van der Waals surface area contributed by atoms with Gasteiger partial charge in [-0.25, -0.2) is 0 Å². The van der Waals surface area contributed by atoms with Crippen molar-refractivity contribution >= 4 is 6.29 Å². The van der Waals surface area contributed by atoms with Gasteiger partial charge in [-0.3, -0.25) is 0 Å². The molecular weight excluding hydrogens is 194 g/mol. The maximum absolute atomic E-state index is 10.3. The molecule has 4 heteroatoms. The number of likely N-dealkylation sites (N-methyl/N-ethyl adjacent to an activating group) is 1. The molecular formula is C11H21NO3. The largest absolute Gasteiger partial charge is 0.384 e. The van der Waals surface area contributed by atoms with Crippen molar-refractivity contribution in [3.05, 3.63) is 0 Å². The van der Waals surface area contributed by atoms with Crippen LogP contribution in [-0.4, -0.2) is 55.7 Å². The number of hydrogen-bond donors (Lipinski definition) is 1. The highest BCUT2D eigenvalue weighted by molar-refractivity contribution is 5.55. The smallest absolute Gasteiger partial charge is 0.149 e. The lowest BCUT2D eigenvalue weighted by molar-refractivity contribution is -0.115. The second-order valence-corrected chi connectivity index (χ2v) is 4.31. The van der Waals surface area contributed by atoms with Gasteiger partial charge in [-0.15, -0.1) is 0 Å². The van der Waals surface area contributed by atoms with E-state index < -0.39 is 6.10 Å². The minimum Gasteiger partial charge on any atom is -0.384 e. The van der Waals surface area contributed by atoms with Crippen LogP contribution in [-0.2, 0) is 9.53 Å². The third-order valence-corrected chi connectivity index (χ3v) is 2.92. The molecule has 1 aliphatic heterocycles. The van der Waals surface area contributed by atoms with Crippen LogP contribution in [0.25, 0.3) is 0 Å². The fourth-order valence-corrected chi connectivity index (χ4v) is 1.89. The molecule has 4 nitrogen and oxygen atoms in total. The van der Waals surface area contributed by atoms with Crippen LogP contribution in [0.2, 0.25) is 0 Å². The van der Waals surface area contributed by atoms with E-state index >= 15 is 0 Å². The van der Waals surface area contributed by atoms with Gasteiger partial charge in [0.1, 0.15) is 12.4 Å². The molecule has 0 amide bonds. The van der Waals surface area contributed by atoms with E-state index in [0.29, 0.717) is 12.8 Å². The van der Waals surface area contributed by atoms with Crippen LogP contribution in [0.15, 0.2) is 0 Å². The Labute approximate surface area is 91.2 Å². The van der Waals surface area contributed by atoms with Crippen molar-refractivity contribution in [1.82, 2.24) is 4.90 Å². The van der Waals surface area contributed by atoms with E-state index in [1.807, 2.05) is 11.9 Å². The number of aldehydes is 1. The van der Waals surface area contributed by atoms with Crippen LogP contribution in [0.5, 0.6) is 0 Å². The first-order valence-corrected chi connectivity index (χ1v) is 5.62. The molecule has 15 heavy (non-hydrogen) atoms. The summed E-state index contributed by atoms with van der Waals surface area (Å²) in [5, 5.41) is 9.14. The maximum Gasteiger partial charge on any atom is 0.149 e. The molecule has 0 spiro atoms. The van der Waals surface area contributed by atoms with E-state index in [1.54, 1.807) is 0 Å². The molecule has 1 rings (SSSR count). The van der Waals surface area contributed by atoms with E-state index in [4.69, 9.17) is 9.84 Å². The molecule has 1 atom stereocenters. The molecule has 0 aromatic rings. The highest BCUT2D eigenvalue weighted by Gasteiger charge is 2.14. The van der Waals surface area contributed by atoms with Gasteiger partial charge in [0.05, 0.1) is 0 Å². The first-order chi connectivity index (χ1) is 7.22. The molecule has 0 bridgehead atoms. The first kappa shape index (κ1) is 12.6. The SMILES string of the molecule is CN(CCC1CCOCC1)CC(O)C=O. The van der Waals surface area contributed by atoms with Gasteiger partial charge >= 0.3 is 0 Å². The highest BCUT2D eigenvalue weighted by Crippen LogP contribution is 2.18. The molecule has 1 heterocycles. The van der Waals surface area contributed by atoms with Gasteiger partial charge in [-0.2, -0.15) is 0 Å². The zero-order chi connectivity index (χ0) is 11.1. The molecule has 0 aromatic carbocycles. The van der Waals surface area contributed by atoms with Gasteiger partial charge < -0.3 is 19.5 Å². The third-order valence-electron chi connectivity index (χ3n) is 2.92. The van der Waals surface area contributed by atoms with Gasteiger partial charge in [0.2, 0.25) is 0 Å². The summed E-state index contributed by atoms with van der Waals surface area (Å²) in [6, 6.07) is 0. The molecule has 0 aliphatic carbocycles. The predicted octanol–water partition coefficient (Wildman–Crippen LogP) is 0.295. The van der Waals surface area contributed by atoms with Crippen LogP contribution in [0.3, 0.4) is 0 Å². The lowest BCUT2D eigenvalue weighted by atomic mass is 9.96. The first-order valence-electron chi connectivity index (χ1n) is 5.62. The Balaban J connectivity index is 2.09. The topological polar surface area (TPSA) is 49.8 Å². The Morgan fingerprint density at radius 3 is 2.80 bits per heavy atom. The van der Waals surface area contributed by atoms with E-state index in [2.05, 4.69) is 0 Å². The minimum atomic E-state index is -0.843. The van der Waals surface area contributed by atoms with Crippen LogP contribution in [0.4, 0.5) is 0 Å². The maximum atomic E-state index is 10.3. The van der Waals surface area contributed by atoms with Crippen molar-refractivity contribution < 1.29 is 14.6 Å². The number of aliphatic hydroxyl groups is 1. The average Bonchev–Trinajstić information content (AvgIpc) is 2.27. The Morgan fingerprint density at radius 1 is 1.53 bits per heavy atom. The molecule has 1 N–H and O–H groups in total. The van der Waals surface area contributed by atoms with E-state index in [1.165, 1.54) is 0 Å². The van der Waals surface area contributed by atoms with Crippen LogP contribution >= 0.6 is 0 Å². The van der Waals surface area contributed by atoms with Crippen LogP contribution < -0.4 is 0 Å². The van der Waals surface area contributed by atoms with E-state index in [0.717, 1.165) is 44.9 Å². The summed E-state index contributed by atoms with van der Waals surface area (Å²) in [4.78, 5) is 12.3. The number of rotatable bonds is 6. The second kappa shape index (κ2) is 6.93. The molecule has 1 fully saturated rings. The Kier molecular flexibility index (Phi) is 5.83. The zero-order valence-corrected chi connectivity index (χ0v) is 9.39. The summed E-state index contributed by atoms with van der Waals surface area (Å²) in [5.74, 6) is 0.745.